The van der Waals surface area contributed by atoms with Gasteiger partial charge < -0.3 is 10.5 Å². The zero-order valence-electron chi connectivity index (χ0n) is 13.1. The summed E-state index contributed by atoms with van der Waals surface area (Å²) in [6.45, 7) is 6.86. The summed E-state index contributed by atoms with van der Waals surface area (Å²) in [6, 6.07) is 10.5. The number of hydrogen-bond donors (Lipinski definition) is 1. The quantitative estimate of drug-likeness (QED) is 0.882. The number of ether oxygens (including phenoxy) is 1. The first-order chi connectivity index (χ1) is 10.1. The van der Waals surface area contributed by atoms with E-state index < -0.39 is 0 Å². The van der Waals surface area contributed by atoms with Gasteiger partial charge in [-0.1, -0.05) is 30.7 Å². The summed E-state index contributed by atoms with van der Waals surface area (Å²) < 4.78 is 5.82. The molecule has 0 radical (unpaired) electrons. The van der Waals surface area contributed by atoms with Crippen LogP contribution < -0.4 is 10.5 Å². The van der Waals surface area contributed by atoms with E-state index >= 15 is 0 Å². The Morgan fingerprint density at radius 1 is 1.19 bits per heavy atom. The molecule has 0 saturated heterocycles. The Morgan fingerprint density at radius 3 is 2.67 bits per heavy atom. The third-order valence-corrected chi connectivity index (χ3v) is 3.69. The minimum Gasteiger partial charge on any atom is -0.487 e. The molecule has 1 heterocycles. The van der Waals surface area contributed by atoms with Crippen molar-refractivity contribution in [3.63, 3.8) is 0 Å². The lowest BCUT2D eigenvalue weighted by molar-refractivity contribution is 0.304. The molecule has 0 amide bonds. The van der Waals surface area contributed by atoms with Crippen LogP contribution in [0, 0.1) is 13.8 Å². The van der Waals surface area contributed by atoms with Crippen LogP contribution in [0.4, 0.5) is 0 Å². The van der Waals surface area contributed by atoms with E-state index in [0.717, 1.165) is 24.3 Å². The number of aromatic nitrogens is 1. The van der Waals surface area contributed by atoms with Crippen molar-refractivity contribution in [2.24, 2.45) is 5.73 Å². The smallest absolute Gasteiger partial charge is 0.138 e. The zero-order valence-corrected chi connectivity index (χ0v) is 13.1. The zero-order chi connectivity index (χ0) is 15.2. The van der Waals surface area contributed by atoms with Crippen LogP contribution in [0.5, 0.6) is 5.75 Å². The van der Waals surface area contributed by atoms with Crippen molar-refractivity contribution in [1.82, 2.24) is 4.98 Å². The van der Waals surface area contributed by atoms with Crippen molar-refractivity contribution in [2.75, 3.05) is 0 Å². The van der Waals surface area contributed by atoms with E-state index in [2.05, 4.69) is 44.0 Å². The van der Waals surface area contributed by atoms with Crippen LogP contribution in [0.3, 0.4) is 0 Å². The molecular weight excluding hydrogens is 260 g/mol. The average molecular weight is 284 g/mol. The maximum atomic E-state index is 5.94. The summed E-state index contributed by atoms with van der Waals surface area (Å²) in [7, 11) is 0. The van der Waals surface area contributed by atoms with Crippen LogP contribution >= 0.6 is 0 Å². The van der Waals surface area contributed by atoms with Gasteiger partial charge in [0.15, 0.2) is 0 Å². The lowest BCUT2D eigenvalue weighted by atomic mass is 10.1. The first-order valence-electron chi connectivity index (χ1n) is 7.48. The topological polar surface area (TPSA) is 48.1 Å². The second-order valence-corrected chi connectivity index (χ2v) is 5.58. The molecule has 3 heteroatoms. The first kappa shape index (κ1) is 15.5. The van der Waals surface area contributed by atoms with E-state index in [1.807, 2.05) is 12.1 Å². The van der Waals surface area contributed by atoms with Gasteiger partial charge in [-0.2, -0.15) is 0 Å². The predicted molar refractivity (Wildman–Crippen MR) is 86.5 cm³/mol. The van der Waals surface area contributed by atoms with Gasteiger partial charge in [0.2, 0.25) is 0 Å². The molecule has 1 unspecified atom stereocenters. The second-order valence-electron chi connectivity index (χ2n) is 5.58. The van der Waals surface area contributed by atoms with Crippen LogP contribution in [-0.2, 0) is 13.0 Å². The van der Waals surface area contributed by atoms with E-state index in [9.17, 15) is 0 Å². The van der Waals surface area contributed by atoms with Gasteiger partial charge in [0.1, 0.15) is 12.4 Å². The van der Waals surface area contributed by atoms with Gasteiger partial charge in [-0.15, -0.1) is 0 Å². The van der Waals surface area contributed by atoms with Crippen molar-refractivity contribution in [1.29, 1.82) is 0 Å². The van der Waals surface area contributed by atoms with Crippen LogP contribution in [0.25, 0.3) is 0 Å². The molecule has 2 aromatic rings. The van der Waals surface area contributed by atoms with Crippen molar-refractivity contribution in [3.05, 3.63) is 58.9 Å². The molecule has 0 aliphatic heterocycles. The molecule has 0 saturated carbocycles. The molecule has 2 N–H and O–H groups in total. The molecule has 2 rings (SSSR count). The Morgan fingerprint density at radius 2 is 2.00 bits per heavy atom. The second kappa shape index (κ2) is 7.23. The number of benzene rings is 1. The van der Waals surface area contributed by atoms with Crippen molar-refractivity contribution in [2.45, 2.75) is 46.3 Å². The standard InChI is InChI=1S/C18H24N2O/c1-4-16(19)10-17-7-8-18(11-20-17)21-12-15-9-13(2)5-6-14(15)3/h5-9,11,16H,4,10,12,19H2,1-3H3. The monoisotopic (exact) mass is 284 g/mol. The Kier molecular flexibility index (Phi) is 5.34. The van der Waals surface area contributed by atoms with Crippen molar-refractivity contribution in [3.8, 4) is 5.75 Å². The van der Waals surface area contributed by atoms with Crippen LogP contribution in [0.15, 0.2) is 36.5 Å². The van der Waals surface area contributed by atoms with E-state index in [4.69, 9.17) is 10.5 Å². The Balaban J connectivity index is 1.96. The summed E-state index contributed by atoms with van der Waals surface area (Å²) in [5.74, 6) is 0.796. The van der Waals surface area contributed by atoms with Crippen LogP contribution in [-0.4, -0.2) is 11.0 Å². The molecule has 1 aromatic heterocycles. The lowest BCUT2D eigenvalue weighted by Gasteiger charge is -2.11. The lowest BCUT2D eigenvalue weighted by Crippen LogP contribution is -2.21. The molecule has 0 aliphatic carbocycles. The maximum Gasteiger partial charge on any atom is 0.138 e. The van der Waals surface area contributed by atoms with Gasteiger partial charge in [0, 0.05) is 18.2 Å². The van der Waals surface area contributed by atoms with Crippen LogP contribution in [0.1, 0.15) is 35.7 Å². The molecule has 0 aliphatic rings. The van der Waals surface area contributed by atoms with E-state index in [0.29, 0.717) is 6.61 Å². The van der Waals surface area contributed by atoms with E-state index in [1.54, 1.807) is 6.20 Å². The van der Waals surface area contributed by atoms with Gasteiger partial charge in [-0.05, 0) is 43.5 Å². The molecule has 0 bridgehead atoms. The van der Waals surface area contributed by atoms with Gasteiger partial charge in [0.05, 0.1) is 6.20 Å². The number of nitrogens with zero attached hydrogens (tertiary/aromatic N) is 1. The molecule has 0 fully saturated rings. The van der Waals surface area contributed by atoms with Gasteiger partial charge in [0.25, 0.3) is 0 Å². The Bertz CT molecular complexity index is 578. The SMILES string of the molecule is CCC(N)Cc1ccc(OCc2cc(C)ccc2C)cn1. The Labute approximate surface area is 127 Å². The Hall–Kier alpha value is -1.87. The molecule has 1 atom stereocenters. The maximum absolute atomic E-state index is 5.94. The van der Waals surface area contributed by atoms with Crippen molar-refractivity contribution < 1.29 is 4.74 Å². The number of pyridine rings is 1. The predicted octanol–water partition coefficient (Wildman–Crippen LogP) is 3.56. The summed E-state index contributed by atoms with van der Waals surface area (Å²) in [6.07, 6.45) is 3.56. The van der Waals surface area contributed by atoms with Gasteiger partial charge in [-0.3, -0.25) is 4.98 Å². The summed E-state index contributed by atoms with van der Waals surface area (Å²) >= 11 is 0. The van der Waals surface area contributed by atoms with Gasteiger partial charge >= 0.3 is 0 Å². The van der Waals surface area contributed by atoms with Crippen molar-refractivity contribution >= 4 is 0 Å². The highest BCUT2D eigenvalue weighted by Gasteiger charge is 2.04. The molecule has 3 nitrogen and oxygen atoms in total. The van der Waals surface area contributed by atoms with Crippen LogP contribution in [0.2, 0.25) is 0 Å². The minimum atomic E-state index is 0.180. The molecule has 0 spiro atoms. The molecule has 112 valence electrons. The fraction of sp³-hybridized carbons (Fsp3) is 0.389. The normalized spacial score (nSPS) is 12.2. The third-order valence-electron chi connectivity index (χ3n) is 3.69. The summed E-state index contributed by atoms with van der Waals surface area (Å²) in [5, 5.41) is 0. The van der Waals surface area contributed by atoms with E-state index in [-0.39, 0.29) is 6.04 Å². The largest absolute Gasteiger partial charge is 0.487 e. The highest BCUT2D eigenvalue weighted by atomic mass is 16.5. The highest BCUT2D eigenvalue weighted by molar-refractivity contribution is 5.30. The van der Waals surface area contributed by atoms with E-state index in [1.165, 1.54) is 16.7 Å². The number of hydrogen-bond acceptors (Lipinski definition) is 3. The average Bonchev–Trinajstić information content (AvgIpc) is 2.49. The summed E-state index contributed by atoms with van der Waals surface area (Å²) in [5.41, 5.74) is 10.7. The fourth-order valence-electron chi connectivity index (χ4n) is 2.15. The highest BCUT2D eigenvalue weighted by Crippen LogP contribution is 2.16. The minimum absolute atomic E-state index is 0.180. The number of nitrogens with two attached hydrogens (primary N) is 1. The fourth-order valence-corrected chi connectivity index (χ4v) is 2.15. The summed E-state index contributed by atoms with van der Waals surface area (Å²) in [4.78, 5) is 4.41. The number of rotatable bonds is 6. The first-order valence-corrected chi connectivity index (χ1v) is 7.48. The number of aryl methyl sites for hydroxylation is 2. The molecule has 21 heavy (non-hydrogen) atoms. The molecule has 1 aromatic carbocycles. The molecular formula is C18H24N2O. The third kappa shape index (κ3) is 4.57. The van der Waals surface area contributed by atoms with Gasteiger partial charge in [-0.25, -0.2) is 0 Å².